The number of esters is 1. The number of H-pyrrole nitrogens is 1. The van der Waals surface area contributed by atoms with E-state index in [1.165, 1.54) is 12.1 Å². The van der Waals surface area contributed by atoms with Crippen LogP contribution in [0.5, 0.6) is 5.88 Å². The highest BCUT2D eigenvalue weighted by Gasteiger charge is 2.15. The molecular formula is C13H10FN3O3. The van der Waals surface area contributed by atoms with Crippen molar-refractivity contribution in [1.29, 1.82) is 0 Å². The normalized spacial score (nSPS) is 11.2. The lowest BCUT2D eigenvalue weighted by Crippen LogP contribution is -2.15. The topological polar surface area (TPSA) is 98.1 Å². The number of nitrogens with two attached hydrogens (primary N) is 1. The summed E-state index contributed by atoms with van der Waals surface area (Å²) in [6.45, 7) is 0. The minimum absolute atomic E-state index is 0.160. The summed E-state index contributed by atoms with van der Waals surface area (Å²) in [6.07, 6.45) is 1.80. The third kappa shape index (κ3) is 3.08. The summed E-state index contributed by atoms with van der Waals surface area (Å²) in [5.41, 5.74) is 5.11. The molecule has 1 aromatic carbocycles. The van der Waals surface area contributed by atoms with Crippen molar-refractivity contribution in [3.8, 4) is 5.88 Å². The first-order chi connectivity index (χ1) is 9.58. The van der Waals surface area contributed by atoms with Gasteiger partial charge in [-0.1, -0.05) is 30.3 Å². The molecule has 0 aliphatic heterocycles. The Kier molecular flexibility index (Phi) is 3.90. The Morgan fingerprint density at radius 1 is 1.30 bits per heavy atom. The molecular weight excluding hydrogens is 265 g/mol. The fraction of sp³-hybridized carbons (Fsp3) is 0. The van der Waals surface area contributed by atoms with Gasteiger partial charge in [-0.3, -0.25) is 4.79 Å². The maximum atomic E-state index is 13.7. The van der Waals surface area contributed by atoms with Crippen LogP contribution in [0.2, 0.25) is 0 Å². The molecule has 102 valence electrons. The van der Waals surface area contributed by atoms with Crippen molar-refractivity contribution in [3.63, 3.8) is 0 Å². The number of aromatic nitrogens is 2. The second kappa shape index (κ2) is 5.79. The molecule has 1 amide bonds. The van der Waals surface area contributed by atoms with Crippen LogP contribution in [0.4, 0.5) is 4.39 Å². The number of ether oxygens (including phenoxy) is 1. The molecule has 0 radical (unpaired) electrons. The molecule has 0 atom stereocenters. The Morgan fingerprint density at radius 2 is 2.00 bits per heavy atom. The van der Waals surface area contributed by atoms with E-state index >= 15 is 0 Å². The van der Waals surface area contributed by atoms with E-state index in [2.05, 4.69) is 9.97 Å². The van der Waals surface area contributed by atoms with Crippen molar-refractivity contribution in [2.24, 2.45) is 5.73 Å². The summed E-state index contributed by atoms with van der Waals surface area (Å²) < 4.78 is 18.5. The largest absolute Gasteiger partial charge is 0.402 e. The molecule has 2 aromatic rings. The maximum Gasteiger partial charge on any atom is 0.340 e. The summed E-state index contributed by atoms with van der Waals surface area (Å²) in [5.74, 6) is -2.88. The van der Waals surface area contributed by atoms with Gasteiger partial charge in [-0.2, -0.15) is 0 Å². The molecule has 0 unspecified atom stereocenters. The average molecular weight is 275 g/mol. The number of primary amides is 1. The molecule has 0 saturated carbocycles. The van der Waals surface area contributed by atoms with Gasteiger partial charge in [0, 0.05) is 5.56 Å². The number of rotatable bonds is 4. The van der Waals surface area contributed by atoms with E-state index in [-0.39, 0.29) is 17.1 Å². The molecule has 2 rings (SSSR count). The van der Waals surface area contributed by atoms with E-state index in [0.29, 0.717) is 6.08 Å². The fourth-order valence-corrected chi connectivity index (χ4v) is 1.44. The first-order valence-electron chi connectivity index (χ1n) is 5.55. The number of amides is 1. The monoisotopic (exact) mass is 275 g/mol. The van der Waals surface area contributed by atoms with Gasteiger partial charge in [-0.25, -0.2) is 14.2 Å². The van der Waals surface area contributed by atoms with Crippen LogP contribution in [0, 0.1) is 0 Å². The molecule has 1 aromatic heterocycles. The molecule has 0 saturated heterocycles. The molecule has 0 fully saturated rings. The van der Waals surface area contributed by atoms with Gasteiger partial charge in [-0.05, 0) is 0 Å². The molecule has 0 aliphatic carbocycles. The predicted molar refractivity (Wildman–Crippen MR) is 68.3 cm³/mol. The minimum atomic E-state index is -0.999. The van der Waals surface area contributed by atoms with Gasteiger partial charge >= 0.3 is 5.97 Å². The van der Waals surface area contributed by atoms with E-state index in [0.717, 1.165) is 6.33 Å². The standard InChI is InChI=1S/C13H10FN3O3/c14-9(8-4-2-1-3-5-8)6-10(18)20-13-11(12(15)19)16-7-17-13/h1-7H,(H2,15,19)(H,16,17). The van der Waals surface area contributed by atoms with Crippen LogP contribution < -0.4 is 10.5 Å². The lowest BCUT2D eigenvalue weighted by Gasteiger charge is -2.00. The van der Waals surface area contributed by atoms with Crippen molar-refractivity contribution in [3.05, 3.63) is 54.0 Å². The number of benzene rings is 1. The number of aromatic amines is 1. The van der Waals surface area contributed by atoms with Gasteiger partial charge in [-0.15, -0.1) is 0 Å². The summed E-state index contributed by atoms with van der Waals surface area (Å²) in [5, 5.41) is 0. The predicted octanol–water partition coefficient (Wildman–Crippen LogP) is 1.42. The van der Waals surface area contributed by atoms with E-state index in [1.54, 1.807) is 18.2 Å². The highest BCUT2D eigenvalue weighted by atomic mass is 19.1. The summed E-state index contributed by atoms with van der Waals surface area (Å²) in [7, 11) is 0. The van der Waals surface area contributed by atoms with E-state index in [9.17, 15) is 14.0 Å². The smallest absolute Gasteiger partial charge is 0.340 e. The Morgan fingerprint density at radius 3 is 2.65 bits per heavy atom. The van der Waals surface area contributed by atoms with Crippen LogP contribution in [0.25, 0.3) is 5.83 Å². The third-order valence-corrected chi connectivity index (χ3v) is 2.34. The third-order valence-electron chi connectivity index (χ3n) is 2.34. The van der Waals surface area contributed by atoms with Crippen molar-refractivity contribution in [2.75, 3.05) is 0 Å². The molecule has 0 aliphatic rings. The molecule has 7 heteroatoms. The lowest BCUT2D eigenvalue weighted by molar-refractivity contribution is -0.129. The number of carbonyl (C=O) groups excluding carboxylic acids is 2. The number of nitrogens with zero attached hydrogens (tertiary/aromatic N) is 1. The first-order valence-corrected chi connectivity index (χ1v) is 5.55. The average Bonchev–Trinajstić information content (AvgIpc) is 2.87. The van der Waals surface area contributed by atoms with Crippen LogP contribution in [-0.2, 0) is 4.79 Å². The quantitative estimate of drug-likeness (QED) is 0.651. The van der Waals surface area contributed by atoms with E-state index in [1.807, 2.05) is 0 Å². The maximum absolute atomic E-state index is 13.7. The zero-order chi connectivity index (χ0) is 14.5. The van der Waals surface area contributed by atoms with Crippen molar-refractivity contribution in [2.45, 2.75) is 0 Å². The van der Waals surface area contributed by atoms with E-state index < -0.39 is 17.7 Å². The first kappa shape index (κ1) is 13.5. The number of imidazole rings is 1. The zero-order valence-electron chi connectivity index (χ0n) is 10.2. The molecule has 3 N–H and O–H groups in total. The van der Waals surface area contributed by atoms with Gasteiger partial charge in [0.15, 0.2) is 5.69 Å². The SMILES string of the molecule is NC(=O)c1[nH]cnc1OC(=O)C=C(F)c1ccccc1. The number of carbonyl (C=O) groups is 2. The molecule has 20 heavy (non-hydrogen) atoms. The Labute approximate surface area is 113 Å². The van der Waals surface area contributed by atoms with Gasteiger partial charge in [0.25, 0.3) is 11.8 Å². The molecule has 1 heterocycles. The summed E-state index contributed by atoms with van der Waals surface area (Å²) >= 11 is 0. The summed E-state index contributed by atoms with van der Waals surface area (Å²) in [6, 6.07) is 7.99. The number of hydrogen-bond acceptors (Lipinski definition) is 4. The second-order valence-corrected chi connectivity index (χ2v) is 3.73. The Balaban J connectivity index is 2.13. The fourth-order valence-electron chi connectivity index (χ4n) is 1.44. The van der Waals surface area contributed by atoms with Gasteiger partial charge < -0.3 is 15.5 Å². The molecule has 0 bridgehead atoms. The molecule has 6 nitrogen and oxygen atoms in total. The van der Waals surface area contributed by atoms with Crippen LogP contribution in [0.15, 0.2) is 42.7 Å². The highest BCUT2D eigenvalue weighted by molar-refractivity contribution is 5.95. The van der Waals surface area contributed by atoms with Crippen LogP contribution in [-0.4, -0.2) is 21.8 Å². The van der Waals surface area contributed by atoms with Crippen LogP contribution in [0.1, 0.15) is 16.1 Å². The van der Waals surface area contributed by atoms with Gasteiger partial charge in [0.2, 0.25) is 0 Å². The van der Waals surface area contributed by atoms with Crippen LogP contribution >= 0.6 is 0 Å². The molecule has 0 spiro atoms. The number of halogens is 1. The summed E-state index contributed by atoms with van der Waals surface area (Å²) in [4.78, 5) is 28.5. The van der Waals surface area contributed by atoms with Crippen molar-refractivity contribution < 1.29 is 18.7 Å². The number of nitrogens with one attached hydrogen (secondary N) is 1. The van der Waals surface area contributed by atoms with Crippen molar-refractivity contribution >= 4 is 17.7 Å². The Hall–Kier alpha value is -2.96. The van der Waals surface area contributed by atoms with Crippen molar-refractivity contribution in [1.82, 2.24) is 9.97 Å². The van der Waals surface area contributed by atoms with Gasteiger partial charge in [0.1, 0.15) is 5.83 Å². The lowest BCUT2D eigenvalue weighted by atomic mass is 10.2. The Bertz CT molecular complexity index is 665. The van der Waals surface area contributed by atoms with Crippen LogP contribution in [0.3, 0.4) is 0 Å². The number of hydrogen-bond donors (Lipinski definition) is 2. The second-order valence-electron chi connectivity index (χ2n) is 3.73. The van der Waals surface area contributed by atoms with Gasteiger partial charge in [0.05, 0.1) is 12.4 Å². The zero-order valence-corrected chi connectivity index (χ0v) is 10.2. The highest BCUT2D eigenvalue weighted by Crippen LogP contribution is 2.16. The minimum Gasteiger partial charge on any atom is -0.402 e. The van der Waals surface area contributed by atoms with E-state index in [4.69, 9.17) is 10.5 Å².